The van der Waals surface area contributed by atoms with Crippen molar-refractivity contribution in [3.63, 3.8) is 0 Å². The van der Waals surface area contributed by atoms with Gasteiger partial charge in [-0.05, 0) is 31.2 Å². The molecule has 2 heteroatoms. The van der Waals surface area contributed by atoms with Crippen molar-refractivity contribution in [1.29, 1.82) is 0 Å². The molecule has 0 bridgehead atoms. The molecule has 0 heterocycles. The first kappa shape index (κ1) is 8.76. The molecule has 1 aromatic rings. The maximum Gasteiger partial charge on any atom is 0.123 e. The van der Waals surface area contributed by atoms with Gasteiger partial charge in [0.2, 0.25) is 0 Å². The average Bonchev–Trinajstić information content (AvgIpc) is 2.03. The summed E-state index contributed by atoms with van der Waals surface area (Å²) in [5.74, 6) is 4.99. The van der Waals surface area contributed by atoms with Gasteiger partial charge in [0.05, 0.1) is 0 Å². The quantitative estimate of drug-likeness (QED) is 0.577. The molecule has 0 amide bonds. The number of aliphatic hydroxyl groups excluding tert-OH is 1. The summed E-state index contributed by atoms with van der Waals surface area (Å²) >= 11 is 0. The van der Waals surface area contributed by atoms with Crippen molar-refractivity contribution in [3.05, 3.63) is 35.6 Å². The van der Waals surface area contributed by atoms with Crippen LogP contribution < -0.4 is 0 Å². The minimum atomic E-state index is -0.643. The van der Waals surface area contributed by atoms with E-state index in [1.807, 2.05) is 0 Å². The summed E-state index contributed by atoms with van der Waals surface area (Å²) in [5, 5.41) is 8.82. The molecular weight excluding hydrogens is 155 g/mol. The van der Waals surface area contributed by atoms with Gasteiger partial charge >= 0.3 is 0 Å². The highest BCUT2D eigenvalue weighted by Gasteiger charge is 1.89. The van der Waals surface area contributed by atoms with Crippen LogP contribution in [0.4, 0.5) is 4.39 Å². The predicted molar refractivity (Wildman–Crippen MR) is 45.0 cm³/mol. The zero-order valence-electron chi connectivity index (χ0n) is 6.71. The molecule has 0 radical (unpaired) electrons. The Balaban J connectivity index is 2.79. The first-order valence-electron chi connectivity index (χ1n) is 3.63. The fourth-order valence-corrected chi connectivity index (χ4v) is 0.721. The molecule has 0 aliphatic carbocycles. The molecule has 1 N–H and O–H groups in total. The van der Waals surface area contributed by atoms with Crippen molar-refractivity contribution in [3.8, 4) is 11.8 Å². The van der Waals surface area contributed by atoms with Gasteiger partial charge in [0.15, 0.2) is 0 Å². The zero-order valence-corrected chi connectivity index (χ0v) is 6.71. The summed E-state index contributed by atoms with van der Waals surface area (Å²) < 4.78 is 12.4. The lowest BCUT2D eigenvalue weighted by Crippen LogP contribution is -1.92. The van der Waals surface area contributed by atoms with Gasteiger partial charge in [-0.2, -0.15) is 0 Å². The Morgan fingerprint density at radius 1 is 1.33 bits per heavy atom. The lowest BCUT2D eigenvalue weighted by Gasteiger charge is -1.90. The molecule has 0 saturated carbocycles. The minimum Gasteiger partial charge on any atom is -0.381 e. The van der Waals surface area contributed by atoms with Gasteiger partial charge in [0.25, 0.3) is 0 Å². The Labute approximate surface area is 70.9 Å². The molecule has 1 nitrogen and oxygen atoms in total. The van der Waals surface area contributed by atoms with Gasteiger partial charge in [-0.1, -0.05) is 11.8 Å². The molecule has 0 unspecified atom stereocenters. The van der Waals surface area contributed by atoms with Crippen LogP contribution in [0.5, 0.6) is 0 Å². The van der Waals surface area contributed by atoms with E-state index in [2.05, 4.69) is 11.8 Å². The molecule has 0 saturated heterocycles. The maximum atomic E-state index is 12.4. The lowest BCUT2D eigenvalue weighted by atomic mass is 10.2. The van der Waals surface area contributed by atoms with Crippen molar-refractivity contribution in [2.75, 3.05) is 0 Å². The number of benzene rings is 1. The van der Waals surface area contributed by atoms with Crippen molar-refractivity contribution in [2.24, 2.45) is 0 Å². The fourth-order valence-electron chi connectivity index (χ4n) is 0.721. The Morgan fingerprint density at radius 3 is 2.42 bits per heavy atom. The van der Waals surface area contributed by atoms with Crippen LogP contribution in [0.3, 0.4) is 0 Å². The molecule has 0 aliphatic rings. The second kappa shape index (κ2) is 3.89. The summed E-state index contributed by atoms with van der Waals surface area (Å²) in [6.07, 6.45) is -0.643. The summed E-state index contributed by atoms with van der Waals surface area (Å²) in [4.78, 5) is 0. The first-order chi connectivity index (χ1) is 5.68. The van der Waals surface area contributed by atoms with E-state index in [1.165, 1.54) is 12.1 Å². The number of halogens is 1. The number of aliphatic hydroxyl groups is 1. The average molecular weight is 164 g/mol. The van der Waals surface area contributed by atoms with E-state index in [4.69, 9.17) is 5.11 Å². The summed E-state index contributed by atoms with van der Waals surface area (Å²) in [6, 6.07) is 5.83. The highest BCUT2D eigenvalue weighted by molar-refractivity contribution is 5.34. The second-order valence-corrected chi connectivity index (χ2v) is 2.45. The monoisotopic (exact) mass is 164 g/mol. The van der Waals surface area contributed by atoms with Crippen molar-refractivity contribution in [1.82, 2.24) is 0 Å². The van der Waals surface area contributed by atoms with Gasteiger partial charge in [0.1, 0.15) is 11.9 Å². The van der Waals surface area contributed by atoms with Crippen LogP contribution in [-0.4, -0.2) is 11.2 Å². The van der Waals surface area contributed by atoms with Crippen LogP contribution in [-0.2, 0) is 0 Å². The normalized spacial score (nSPS) is 11.6. The van der Waals surface area contributed by atoms with Crippen LogP contribution in [0.2, 0.25) is 0 Å². The lowest BCUT2D eigenvalue weighted by molar-refractivity contribution is 0.253. The Kier molecular flexibility index (Phi) is 2.84. The fraction of sp³-hybridized carbons (Fsp3) is 0.200. The Morgan fingerprint density at radius 2 is 1.92 bits per heavy atom. The molecule has 0 aliphatic heterocycles. The van der Waals surface area contributed by atoms with Crippen molar-refractivity contribution >= 4 is 0 Å². The van der Waals surface area contributed by atoms with E-state index >= 15 is 0 Å². The Bertz CT molecular complexity index is 303. The summed E-state index contributed by atoms with van der Waals surface area (Å²) in [6.45, 7) is 1.58. The number of rotatable bonds is 0. The highest BCUT2D eigenvalue weighted by atomic mass is 19.1. The van der Waals surface area contributed by atoms with Gasteiger partial charge < -0.3 is 5.11 Å². The smallest absolute Gasteiger partial charge is 0.123 e. The molecule has 12 heavy (non-hydrogen) atoms. The van der Waals surface area contributed by atoms with E-state index in [-0.39, 0.29) is 5.82 Å². The van der Waals surface area contributed by atoms with Gasteiger partial charge in [-0.25, -0.2) is 4.39 Å². The van der Waals surface area contributed by atoms with E-state index in [0.717, 1.165) is 0 Å². The van der Waals surface area contributed by atoms with Gasteiger partial charge in [-0.15, -0.1) is 0 Å². The van der Waals surface area contributed by atoms with Crippen LogP contribution in [0.25, 0.3) is 0 Å². The molecule has 1 rings (SSSR count). The van der Waals surface area contributed by atoms with Crippen LogP contribution in [0, 0.1) is 17.7 Å². The topological polar surface area (TPSA) is 20.2 Å². The highest BCUT2D eigenvalue weighted by Crippen LogP contribution is 2.00. The molecule has 0 fully saturated rings. The number of hydrogen-bond acceptors (Lipinski definition) is 1. The van der Waals surface area contributed by atoms with E-state index in [9.17, 15) is 4.39 Å². The molecule has 62 valence electrons. The molecule has 1 atom stereocenters. The molecule has 1 aromatic carbocycles. The third kappa shape index (κ3) is 2.73. The third-order valence-corrected chi connectivity index (χ3v) is 1.27. The number of hydrogen-bond donors (Lipinski definition) is 1. The Hall–Kier alpha value is -1.33. The van der Waals surface area contributed by atoms with Crippen molar-refractivity contribution in [2.45, 2.75) is 13.0 Å². The van der Waals surface area contributed by atoms with Crippen LogP contribution >= 0.6 is 0 Å². The van der Waals surface area contributed by atoms with E-state index in [1.54, 1.807) is 19.1 Å². The molecule has 0 aromatic heterocycles. The second-order valence-electron chi connectivity index (χ2n) is 2.45. The maximum absolute atomic E-state index is 12.4. The van der Waals surface area contributed by atoms with Gasteiger partial charge in [0, 0.05) is 5.56 Å². The van der Waals surface area contributed by atoms with E-state index < -0.39 is 6.10 Å². The van der Waals surface area contributed by atoms with Gasteiger partial charge in [-0.3, -0.25) is 0 Å². The van der Waals surface area contributed by atoms with Crippen LogP contribution in [0.1, 0.15) is 12.5 Å². The zero-order chi connectivity index (χ0) is 8.97. The third-order valence-electron chi connectivity index (χ3n) is 1.27. The van der Waals surface area contributed by atoms with Crippen LogP contribution in [0.15, 0.2) is 24.3 Å². The first-order valence-corrected chi connectivity index (χ1v) is 3.63. The standard InChI is InChI=1S/C10H9FO/c1-8(12)2-3-9-4-6-10(11)7-5-9/h4-8,12H,1H3/t8-/m0/s1. The largest absolute Gasteiger partial charge is 0.381 e. The minimum absolute atomic E-state index is 0.280. The predicted octanol–water partition coefficient (Wildman–Crippen LogP) is 1.56. The van der Waals surface area contributed by atoms with Crippen molar-refractivity contribution < 1.29 is 9.50 Å². The van der Waals surface area contributed by atoms with E-state index in [0.29, 0.717) is 5.56 Å². The molecular formula is C10H9FO. The molecule has 0 spiro atoms. The summed E-state index contributed by atoms with van der Waals surface area (Å²) in [7, 11) is 0. The SMILES string of the molecule is C[C@H](O)C#Cc1ccc(F)cc1. The summed E-state index contributed by atoms with van der Waals surface area (Å²) in [5.41, 5.74) is 0.706.